The molecule has 0 amide bonds. The van der Waals surface area contributed by atoms with Crippen molar-refractivity contribution in [3.8, 4) is 6.07 Å². The number of benzene rings is 1. The summed E-state index contributed by atoms with van der Waals surface area (Å²) in [6.45, 7) is 4.00. The quantitative estimate of drug-likeness (QED) is 0.663. The van der Waals surface area contributed by atoms with Crippen molar-refractivity contribution in [3.63, 3.8) is 0 Å². The van der Waals surface area contributed by atoms with Gasteiger partial charge >= 0.3 is 0 Å². The van der Waals surface area contributed by atoms with Crippen LogP contribution in [-0.4, -0.2) is 9.78 Å². The SMILES string of the molecule is CC.Cn1nc2cc(F)ccc2c1C#N. The molecular weight excluding hydrogens is 193 g/mol. The number of fused-ring (bicyclic) bond motifs is 1. The van der Waals surface area contributed by atoms with E-state index in [1.165, 1.54) is 16.8 Å². The molecule has 0 fully saturated rings. The molecule has 1 heterocycles. The molecule has 0 unspecified atom stereocenters. The summed E-state index contributed by atoms with van der Waals surface area (Å²) >= 11 is 0. The highest BCUT2D eigenvalue weighted by atomic mass is 19.1. The normalized spacial score (nSPS) is 9.27. The Morgan fingerprint density at radius 2 is 2.07 bits per heavy atom. The van der Waals surface area contributed by atoms with Crippen LogP contribution in [0, 0.1) is 17.1 Å². The number of rotatable bonds is 0. The second-order valence-corrected chi connectivity index (χ2v) is 2.75. The van der Waals surface area contributed by atoms with Gasteiger partial charge in [0, 0.05) is 18.5 Å². The molecule has 3 nitrogen and oxygen atoms in total. The number of halogens is 1. The van der Waals surface area contributed by atoms with Crippen molar-refractivity contribution in [2.24, 2.45) is 7.05 Å². The van der Waals surface area contributed by atoms with E-state index in [1.807, 2.05) is 19.9 Å². The Bertz CT molecular complexity index is 508. The Morgan fingerprint density at radius 1 is 1.40 bits per heavy atom. The van der Waals surface area contributed by atoms with Crippen LogP contribution >= 0.6 is 0 Å². The lowest BCUT2D eigenvalue weighted by Crippen LogP contribution is -1.92. The number of nitrogens with zero attached hydrogens (tertiary/aromatic N) is 3. The summed E-state index contributed by atoms with van der Waals surface area (Å²) < 4.78 is 14.2. The Balaban J connectivity index is 0.000000531. The van der Waals surface area contributed by atoms with Gasteiger partial charge in [0.25, 0.3) is 0 Å². The molecule has 1 aromatic heterocycles. The number of aryl methyl sites for hydroxylation is 1. The third kappa shape index (κ3) is 1.96. The van der Waals surface area contributed by atoms with Crippen molar-refractivity contribution in [3.05, 3.63) is 29.7 Å². The average molecular weight is 205 g/mol. The summed E-state index contributed by atoms with van der Waals surface area (Å²) in [5.41, 5.74) is 0.967. The predicted octanol–water partition coefficient (Wildman–Crippen LogP) is 2.61. The number of hydrogen-bond acceptors (Lipinski definition) is 2. The topological polar surface area (TPSA) is 41.6 Å². The van der Waals surface area contributed by atoms with Crippen molar-refractivity contribution in [2.75, 3.05) is 0 Å². The molecule has 0 spiro atoms. The van der Waals surface area contributed by atoms with Crippen LogP contribution in [0.15, 0.2) is 18.2 Å². The molecule has 0 saturated heterocycles. The van der Waals surface area contributed by atoms with Gasteiger partial charge in [-0.25, -0.2) is 4.39 Å². The Morgan fingerprint density at radius 3 is 2.67 bits per heavy atom. The molecule has 1 aromatic carbocycles. The van der Waals surface area contributed by atoms with Crippen LogP contribution < -0.4 is 0 Å². The average Bonchev–Trinajstić information content (AvgIpc) is 2.55. The minimum absolute atomic E-state index is 0.338. The van der Waals surface area contributed by atoms with Crippen LogP contribution in [-0.2, 0) is 7.05 Å². The molecule has 0 aliphatic heterocycles. The Kier molecular flexibility index (Phi) is 3.40. The van der Waals surface area contributed by atoms with Crippen LogP contribution in [0.5, 0.6) is 0 Å². The number of hydrogen-bond donors (Lipinski definition) is 0. The highest BCUT2D eigenvalue weighted by molar-refractivity contribution is 5.83. The summed E-state index contributed by atoms with van der Waals surface area (Å²) in [6.07, 6.45) is 0. The number of nitriles is 1. The first-order valence-electron chi connectivity index (χ1n) is 4.75. The maximum atomic E-state index is 12.7. The summed E-state index contributed by atoms with van der Waals surface area (Å²) in [4.78, 5) is 0. The van der Waals surface area contributed by atoms with E-state index in [2.05, 4.69) is 5.10 Å². The first kappa shape index (κ1) is 11.2. The maximum Gasteiger partial charge on any atom is 0.146 e. The van der Waals surface area contributed by atoms with Crippen LogP contribution in [0.4, 0.5) is 4.39 Å². The Hall–Kier alpha value is -1.89. The fraction of sp³-hybridized carbons (Fsp3) is 0.273. The fourth-order valence-corrected chi connectivity index (χ4v) is 1.31. The standard InChI is InChI=1S/C9H6FN3.C2H6/c1-13-9(5-11)7-3-2-6(10)4-8(7)12-13;1-2/h2-4H,1H3;1-2H3. The third-order valence-corrected chi connectivity index (χ3v) is 1.90. The van der Waals surface area contributed by atoms with E-state index in [4.69, 9.17) is 5.26 Å². The van der Waals surface area contributed by atoms with Crippen molar-refractivity contribution >= 4 is 10.9 Å². The molecule has 0 atom stereocenters. The summed E-state index contributed by atoms with van der Waals surface area (Å²) in [5, 5.41) is 13.5. The molecule has 0 aliphatic carbocycles. The van der Waals surface area contributed by atoms with Gasteiger partial charge in [-0.1, -0.05) is 13.8 Å². The fourth-order valence-electron chi connectivity index (χ4n) is 1.31. The molecule has 4 heteroatoms. The zero-order valence-corrected chi connectivity index (χ0v) is 8.95. The van der Waals surface area contributed by atoms with Crippen LogP contribution in [0.2, 0.25) is 0 Å². The maximum absolute atomic E-state index is 12.7. The monoisotopic (exact) mass is 205 g/mol. The van der Waals surface area contributed by atoms with Crippen molar-refractivity contribution in [1.82, 2.24) is 9.78 Å². The molecule has 2 aromatic rings. The van der Waals surface area contributed by atoms with Crippen LogP contribution in [0.25, 0.3) is 10.9 Å². The molecule has 0 N–H and O–H groups in total. The van der Waals surface area contributed by atoms with E-state index < -0.39 is 0 Å². The lowest BCUT2D eigenvalue weighted by molar-refractivity contribution is 0.629. The van der Waals surface area contributed by atoms with Gasteiger partial charge in [-0.3, -0.25) is 4.68 Å². The molecule has 15 heavy (non-hydrogen) atoms. The molecular formula is C11H12FN3. The molecule has 0 aliphatic rings. The summed E-state index contributed by atoms with van der Waals surface area (Å²) in [5.74, 6) is -0.338. The van der Waals surface area contributed by atoms with Crippen molar-refractivity contribution in [2.45, 2.75) is 13.8 Å². The molecule has 0 bridgehead atoms. The van der Waals surface area contributed by atoms with E-state index in [0.717, 1.165) is 0 Å². The zero-order chi connectivity index (χ0) is 11.4. The molecule has 0 saturated carbocycles. The van der Waals surface area contributed by atoms with Crippen molar-refractivity contribution < 1.29 is 4.39 Å². The Labute approximate surface area is 87.7 Å². The number of aromatic nitrogens is 2. The minimum atomic E-state index is -0.338. The molecule has 2 rings (SSSR count). The van der Waals surface area contributed by atoms with Gasteiger partial charge in [0.05, 0.1) is 5.52 Å². The zero-order valence-electron chi connectivity index (χ0n) is 8.95. The van der Waals surface area contributed by atoms with E-state index >= 15 is 0 Å². The van der Waals surface area contributed by atoms with E-state index in [9.17, 15) is 4.39 Å². The van der Waals surface area contributed by atoms with Gasteiger partial charge in [0.2, 0.25) is 0 Å². The van der Waals surface area contributed by atoms with Gasteiger partial charge in [-0.05, 0) is 12.1 Å². The van der Waals surface area contributed by atoms with Crippen LogP contribution in [0.3, 0.4) is 0 Å². The second kappa shape index (κ2) is 4.56. The van der Waals surface area contributed by atoms with E-state index in [1.54, 1.807) is 13.1 Å². The predicted molar refractivity (Wildman–Crippen MR) is 56.7 cm³/mol. The minimum Gasteiger partial charge on any atom is -0.257 e. The summed E-state index contributed by atoms with van der Waals surface area (Å²) in [6, 6.07) is 6.22. The van der Waals surface area contributed by atoms with Gasteiger partial charge < -0.3 is 0 Å². The second-order valence-electron chi connectivity index (χ2n) is 2.75. The third-order valence-electron chi connectivity index (χ3n) is 1.90. The smallest absolute Gasteiger partial charge is 0.146 e. The largest absolute Gasteiger partial charge is 0.257 e. The summed E-state index contributed by atoms with van der Waals surface area (Å²) in [7, 11) is 1.66. The van der Waals surface area contributed by atoms with Gasteiger partial charge in [-0.2, -0.15) is 10.4 Å². The molecule has 0 radical (unpaired) electrons. The molecule has 78 valence electrons. The van der Waals surface area contributed by atoms with E-state index in [-0.39, 0.29) is 5.82 Å². The highest BCUT2D eigenvalue weighted by Crippen LogP contribution is 2.17. The van der Waals surface area contributed by atoms with Gasteiger partial charge in [-0.15, -0.1) is 0 Å². The van der Waals surface area contributed by atoms with Gasteiger partial charge in [0.15, 0.2) is 0 Å². The van der Waals surface area contributed by atoms with Crippen LogP contribution in [0.1, 0.15) is 19.5 Å². The highest BCUT2D eigenvalue weighted by Gasteiger charge is 2.07. The lowest BCUT2D eigenvalue weighted by Gasteiger charge is -1.88. The van der Waals surface area contributed by atoms with Crippen molar-refractivity contribution in [1.29, 1.82) is 5.26 Å². The first-order valence-corrected chi connectivity index (χ1v) is 4.75. The lowest BCUT2D eigenvalue weighted by atomic mass is 10.2. The first-order chi connectivity index (χ1) is 7.22. The van der Waals surface area contributed by atoms with E-state index in [0.29, 0.717) is 16.6 Å². The van der Waals surface area contributed by atoms with Gasteiger partial charge in [0.1, 0.15) is 17.6 Å².